The van der Waals surface area contributed by atoms with Gasteiger partial charge in [-0.1, -0.05) is 17.7 Å². The van der Waals surface area contributed by atoms with Crippen molar-refractivity contribution >= 4 is 15.9 Å². The number of aromatic nitrogens is 1. The summed E-state index contributed by atoms with van der Waals surface area (Å²) < 4.78 is 31.1. The summed E-state index contributed by atoms with van der Waals surface area (Å²) in [6.07, 6.45) is 2.70. The zero-order chi connectivity index (χ0) is 18.3. The number of benzene rings is 1. The van der Waals surface area contributed by atoms with Gasteiger partial charge in [0.25, 0.3) is 15.9 Å². The summed E-state index contributed by atoms with van der Waals surface area (Å²) in [6.45, 7) is 4.25. The summed E-state index contributed by atoms with van der Waals surface area (Å²) in [4.78, 5) is 12.3. The van der Waals surface area contributed by atoms with E-state index >= 15 is 0 Å². The van der Waals surface area contributed by atoms with E-state index in [9.17, 15) is 13.2 Å². The molecule has 0 saturated heterocycles. The fraction of sp³-hybridized carbons (Fsp3) is 0.353. The number of ether oxygens (including phenoxy) is 1. The molecule has 7 nitrogen and oxygen atoms in total. The zero-order valence-corrected chi connectivity index (χ0v) is 15.2. The molecule has 0 saturated carbocycles. The van der Waals surface area contributed by atoms with E-state index in [0.29, 0.717) is 31.8 Å². The highest BCUT2D eigenvalue weighted by atomic mass is 32.2. The van der Waals surface area contributed by atoms with Crippen LogP contribution in [0.15, 0.2) is 47.6 Å². The fourth-order valence-electron chi connectivity index (χ4n) is 2.16. The largest absolute Gasteiger partial charge is 0.383 e. The minimum absolute atomic E-state index is 0.183. The van der Waals surface area contributed by atoms with Gasteiger partial charge in [-0.3, -0.25) is 4.79 Å². The van der Waals surface area contributed by atoms with Crippen LogP contribution in [0.25, 0.3) is 0 Å². The van der Waals surface area contributed by atoms with Crippen molar-refractivity contribution in [3.8, 4) is 0 Å². The lowest BCUT2D eigenvalue weighted by atomic mass is 10.2. The Kier molecular flexibility index (Phi) is 6.74. The molecule has 0 unspecified atom stereocenters. The topological polar surface area (TPSA) is 89.4 Å². The fourth-order valence-corrected chi connectivity index (χ4v) is 3.36. The second-order valence-electron chi connectivity index (χ2n) is 5.55. The standard InChI is InChI=1S/C17H23N3O4S/c1-14-3-5-16(6-4-14)25(22,23)20-11-7-15(13-20)17(21)19-9-8-18-10-12-24-2/h3-7,11,13,18H,8-10,12H2,1-2H3,(H,19,21). The number of carbonyl (C=O) groups is 1. The van der Waals surface area contributed by atoms with Gasteiger partial charge >= 0.3 is 0 Å². The first-order valence-corrected chi connectivity index (χ1v) is 9.37. The molecule has 2 aromatic rings. The summed E-state index contributed by atoms with van der Waals surface area (Å²) in [5.74, 6) is -0.314. The molecular weight excluding hydrogens is 342 g/mol. The van der Waals surface area contributed by atoms with Crippen LogP contribution in [0.3, 0.4) is 0 Å². The molecule has 0 aliphatic heterocycles. The third kappa shape index (κ3) is 5.15. The highest BCUT2D eigenvalue weighted by Gasteiger charge is 2.18. The highest BCUT2D eigenvalue weighted by Crippen LogP contribution is 2.16. The first-order valence-electron chi connectivity index (χ1n) is 7.93. The molecule has 8 heteroatoms. The molecule has 0 atom stereocenters. The Morgan fingerprint density at radius 1 is 1.12 bits per heavy atom. The maximum absolute atomic E-state index is 12.6. The number of carbonyl (C=O) groups excluding carboxylic acids is 1. The summed E-state index contributed by atoms with van der Waals surface area (Å²) in [5, 5.41) is 5.85. The van der Waals surface area contributed by atoms with E-state index in [1.807, 2.05) is 6.92 Å². The van der Waals surface area contributed by atoms with Crippen molar-refractivity contribution in [3.63, 3.8) is 0 Å². The molecule has 0 fully saturated rings. The Labute approximate surface area is 148 Å². The Hall–Kier alpha value is -2.16. The monoisotopic (exact) mass is 365 g/mol. The molecule has 1 aromatic heterocycles. The number of methoxy groups -OCH3 is 1. The number of nitrogens with one attached hydrogen (secondary N) is 2. The molecule has 0 aliphatic carbocycles. The number of hydrogen-bond donors (Lipinski definition) is 2. The van der Waals surface area contributed by atoms with Crippen molar-refractivity contribution in [2.24, 2.45) is 0 Å². The van der Waals surface area contributed by atoms with E-state index in [2.05, 4.69) is 10.6 Å². The van der Waals surface area contributed by atoms with E-state index < -0.39 is 10.0 Å². The summed E-state index contributed by atoms with van der Waals surface area (Å²) in [5.41, 5.74) is 1.28. The van der Waals surface area contributed by atoms with Gasteiger partial charge in [-0.25, -0.2) is 12.4 Å². The van der Waals surface area contributed by atoms with Gasteiger partial charge in [0.05, 0.1) is 17.1 Å². The highest BCUT2D eigenvalue weighted by molar-refractivity contribution is 7.90. The molecule has 0 spiro atoms. The van der Waals surface area contributed by atoms with Gasteiger partial charge in [0.1, 0.15) is 0 Å². The Morgan fingerprint density at radius 3 is 2.52 bits per heavy atom. The zero-order valence-electron chi connectivity index (χ0n) is 14.4. The quantitative estimate of drug-likeness (QED) is 0.647. The Morgan fingerprint density at radius 2 is 1.84 bits per heavy atom. The molecule has 136 valence electrons. The smallest absolute Gasteiger partial charge is 0.267 e. The lowest BCUT2D eigenvalue weighted by Crippen LogP contribution is -2.32. The molecule has 0 aliphatic rings. The number of hydrogen-bond acceptors (Lipinski definition) is 5. The predicted octanol–water partition coefficient (Wildman–Crippen LogP) is 0.999. The van der Waals surface area contributed by atoms with Crippen LogP contribution in [0.5, 0.6) is 0 Å². The van der Waals surface area contributed by atoms with Crippen LogP contribution in [0.2, 0.25) is 0 Å². The molecule has 0 radical (unpaired) electrons. The first-order chi connectivity index (χ1) is 11.9. The van der Waals surface area contributed by atoms with Crippen molar-refractivity contribution in [2.45, 2.75) is 11.8 Å². The Bertz CT molecular complexity index is 798. The molecule has 1 heterocycles. The molecule has 1 aromatic carbocycles. The van der Waals surface area contributed by atoms with Crippen LogP contribution in [0.4, 0.5) is 0 Å². The van der Waals surface area contributed by atoms with Crippen LogP contribution in [-0.4, -0.2) is 51.6 Å². The predicted molar refractivity (Wildman–Crippen MR) is 95.3 cm³/mol. The van der Waals surface area contributed by atoms with E-state index in [4.69, 9.17) is 4.74 Å². The molecule has 0 bridgehead atoms. The van der Waals surface area contributed by atoms with Gasteiger partial charge in [0, 0.05) is 39.1 Å². The summed E-state index contributed by atoms with van der Waals surface area (Å²) in [7, 11) is -2.07. The van der Waals surface area contributed by atoms with Crippen molar-refractivity contribution in [3.05, 3.63) is 53.9 Å². The minimum Gasteiger partial charge on any atom is -0.383 e. The van der Waals surface area contributed by atoms with Crippen LogP contribution < -0.4 is 10.6 Å². The van der Waals surface area contributed by atoms with Gasteiger partial charge < -0.3 is 15.4 Å². The number of aryl methyl sites for hydroxylation is 1. The van der Waals surface area contributed by atoms with Gasteiger partial charge in [0.2, 0.25) is 0 Å². The summed E-state index contributed by atoms with van der Waals surface area (Å²) in [6, 6.07) is 8.06. The van der Waals surface area contributed by atoms with Crippen molar-refractivity contribution in [1.82, 2.24) is 14.6 Å². The van der Waals surface area contributed by atoms with Crippen LogP contribution >= 0.6 is 0 Å². The molecule has 1 amide bonds. The van der Waals surface area contributed by atoms with Gasteiger partial charge in [-0.2, -0.15) is 0 Å². The second kappa shape index (κ2) is 8.80. The van der Waals surface area contributed by atoms with Crippen molar-refractivity contribution < 1.29 is 17.9 Å². The van der Waals surface area contributed by atoms with Gasteiger partial charge in [-0.15, -0.1) is 0 Å². The van der Waals surface area contributed by atoms with Gasteiger partial charge in [0.15, 0.2) is 0 Å². The average molecular weight is 365 g/mol. The average Bonchev–Trinajstić information content (AvgIpc) is 3.09. The lowest BCUT2D eigenvalue weighted by molar-refractivity contribution is 0.0954. The normalized spacial score (nSPS) is 11.4. The Balaban J connectivity index is 1.97. The van der Waals surface area contributed by atoms with Crippen molar-refractivity contribution in [2.75, 3.05) is 33.4 Å². The van der Waals surface area contributed by atoms with E-state index in [0.717, 1.165) is 9.54 Å². The van der Waals surface area contributed by atoms with Gasteiger partial charge in [-0.05, 0) is 25.1 Å². The SMILES string of the molecule is COCCNCCNC(=O)c1ccn(S(=O)(=O)c2ccc(C)cc2)c1. The van der Waals surface area contributed by atoms with E-state index in [1.165, 1.54) is 18.5 Å². The van der Waals surface area contributed by atoms with Crippen LogP contribution in [0.1, 0.15) is 15.9 Å². The summed E-state index contributed by atoms with van der Waals surface area (Å²) >= 11 is 0. The lowest BCUT2D eigenvalue weighted by Gasteiger charge is -2.06. The molecule has 25 heavy (non-hydrogen) atoms. The maximum atomic E-state index is 12.6. The van der Waals surface area contributed by atoms with Crippen LogP contribution in [0, 0.1) is 6.92 Å². The number of amides is 1. The maximum Gasteiger partial charge on any atom is 0.267 e. The molecular formula is C17H23N3O4S. The first kappa shape index (κ1) is 19.2. The molecule has 2 rings (SSSR count). The third-order valence-electron chi connectivity index (χ3n) is 3.60. The second-order valence-corrected chi connectivity index (χ2v) is 7.39. The molecule has 2 N–H and O–H groups in total. The van der Waals surface area contributed by atoms with E-state index in [-0.39, 0.29) is 10.8 Å². The van der Waals surface area contributed by atoms with Crippen molar-refractivity contribution in [1.29, 1.82) is 0 Å². The van der Waals surface area contributed by atoms with Crippen LogP contribution in [-0.2, 0) is 14.8 Å². The van der Waals surface area contributed by atoms with E-state index in [1.54, 1.807) is 31.4 Å². The number of nitrogens with zero attached hydrogens (tertiary/aromatic N) is 1. The third-order valence-corrected chi connectivity index (χ3v) is 5.25. The minimum atomic E-state index is -3.69. The number of rotatable bonds is 9.